The van der Waals surface area contributed by atoms with Crippen LogP contribution in [0.15, 0.2) is 36.8 Å². The van der Waals surface area contributed by atoms with Crippen LogP contribution in [0.3, 0.4) is 0 Å². The average molecular weight is 570 g/mol. The average Bonchev–Trinajstić information content (AvgIpc) is 3.36. The second-order valence-electron chi connectivity index (χ2n) is 11.0. The lowest BCUT2D eigenvalue weighted by molar-refractivity contribution is -0.147. The van der Waals surface area contributed by atoms with Crippen molar-refractivity contribution in [2.75, 3.05) is 25.0 Å². The highest BCUT2D eigenvalue weighted by Gasteiger charge is 2.42. The number of nitrogens with one attached hydrogen (secondary N) is 1. The highest BCUT2D eigenvalue weighted by molar-refractivity contribution is 5.93. The molecule has 1 saturated heterocycles. The predicted molar refractivity (Wildman–Crippen MR) is 144 cm³/mol. The molecule has 5 rings (SSSR count). The molecule has 0 spiro atoms. The van der Waals surface area contributed by atoms with Gasteiger partial charge in [-0.2, -0.15) is 0 Å². The SMILES string of the molecule is C[C@@H](C(=O)Nc1cnc(Oc2ccc(F)cc2F)cn1)N1CCN(C(=O)C2CCc3ncc(CO)n3C2)C(C)(C)C1. The van der Waals surface area contributed by atoms with Gasteiger partial charge < -0.3 is 24.6 Å². The molecular weight excluding hydrogens is 536 g/mol. The number of halogens is 2. The molecule has 2 atom stereocenters. The summed E-state index contributed by atoms with van der Waals surface area (Å²) in [6.07, 6.45) is 5.59. The number of hydrogen-bond donors (Lipinski definition) is 2. The van der Waals surface area contributed by atoms with Gasteiger partial charge in [-0.1, -0.05) is 0 Å². The smallest absolute Gasteiger partial charge is 0.242 e. The number of aromatic nitrogens is 4. The van der Waals surface area contributed by atoms with Gasteiger partial charge in [0, 0.05) is 38.7 Å². The number of anilines is 1. The van der Waals surface area contributed by atoms with Gasteiger partial charge in [-0.3, -0.25) is 14.5 Å². The number of amides is 2. The maximum absolute atomic E-state index is 13.8. The van der Waals surface area contributed by atoms with Crippen molar-refractivity contribution < 1.29 is 28.2 Å². The number of aryl methyl sites for hydroxylation is 1. The van der Waals surface area contributed by atoms with Crippen LogP contribution >= 0.6 is 0 Å². The first-order chi connectivity index (χ1) is 19.6. The van der Waals surface area contributed by atoms with Gasteiger partial charge in [0.1, 0.15) is 11.6 Å². The first-order valence-electron chi connectivity index (χ1n) is 13.5. The fourth-order valence-electron chi connectivity index (χ4n) is 5.47. The molecular formula is C28H33F2N7O4. The number of nitrogens with zero attached hydrogens (tertiary/aromatic N) is 6. The van der Waals surface area contributed by atoms with Crippen molar-refractivity contribution >= 4 is 17.6 Å². The van der Waals surface area contributed by atoms with Gasteiger partial charge in [0.2, 0.25) is 17.7 Å². The molecule has 2 aromatic heterocycles. The van der Waals surface area contributed by atoms with Gasteiger partial charge >= 0.3 is 0 Å². The molecule has 1 unspecified atom stereocenters. The zero-order valence-corrected chi connectivity index (χ0v) is 23.2. The molecule has 3 aromatic rings. The minimum atomic E-state index is -0.871. The summed E-state index contributed by atoms with van der Waals surface area (Å²) >= 11 is 0. The normalized spacial score (nSPS) is 19.4. The Kier molecular flexibility index (Phi) is 8.00. The molecule has 0 saturated carbocycles. The molecule has 1 fully saturated rings. The maximum atomic E-state index is 13.8. The van der Waals surface area contributed by atoms with Gasteiger partial charge in [-0.15, -0.1) is 0 Å². The lowest BCUT2D eigenvalue weighted by atomic mass is 9.91. The maximum Gasteiger partial charge on any atom is 0.242 e. The summed E-state index contributed by atoms with van der Waals surface area (Å²) in [5.41, 5.74) is 0.211. The number of rotatable bonds is 7. The minimum Gasteiger partial charge on any atom is -0.434 e. The van der Waals surface area contributed by atoms with E-state index >= 15 is 0 Å². The Morgan fingerprint density at radius 2 is 1.98 bits per heavy atom. The van der Waals surface area contributed by atoms with Crippen molar-refractivity contribution in [1.29, 1.82) is 0 Å². The fourth-order valence-corrected chi connectivity index (χ4v) is 5.47. The van der Waals surface area contributed by atoms with E-state index < -0.39 is 23.2 Å². The van der Waals surface area contributed by atoms with E-state index in [-0.39, 0.29) is 41.8 Å². The van der Waals surface area contributed by atoms with E-state index in [1.54, 1.807) is 13.1 Å². The molecule has 0 radical (unpaired) electrons. The Morgan fingerprint density at radius 1 is 1.17 bits per heavy atom. The quantitative estimate of drug-likeness (QED) is 0.445. The number of aliphatic hydroxyl groups is 1. The molecule has 4 heterocycles. The highest BCUT2D eigenvalue weighted by atomic mass is 19.1. The molecule has 11 nitrogen and oxygen atoms in total. The summed E-state index contributed by atoms with van der Waals surface area (Å²) in [6, 6.07) is 2.41. The van der Waals surface area contributed by atoms with Crippen molar-refractivity contribution in [3.8, 4) is 11.6 Å². The Balaban J connectivity index is 1.16. The zero-order chi connectivity index (χ0) is 29.3. The predicted octanol–water partition coefficient (Wildman–Crippen LogP) is 2.75. The minimum absolute atomic E-state index is 0.0149. The van der Waals surface area contributed by atoms with Crippen LogP contribution in [0.4, 0.5) is 14.6 Å². The van der Waals surface area contributed by atoms with Crippen LogP contribution in [0.5, 0.6) is 11.6 Å². The standard InChI is InChI=1S/C28H33F2N7O4/c1-17(26(39)34-23-12-33-25(13-31-23)41-22-6-5-19(29)10-21(22)30)35-8-9-37(28(2,3)16-35)27(40)18-4-7-24-32-11-20(15-38)36(24)14-18/h5-6,10-13,17-18,38H,4,7-9,14-16H2,1-3H3,(H,31,34,39)/t17-,18?/m0/s1. The third-order valence-electron chi connectivity index (χ3n) is 7.76. The first kappa shape index (κ1) is 28.6. The lowest BCUT2D eigenvalue weighted by Crippen LogP contribution is -2.64. The molecule has 41 heavy (non-hydrogen) atoms. The van der Waals surface area contributed by atoms with Crippen LogP contribution in [0.25, 0.3) is 0 Å². The lowest BCUT2D eigenvalue weighted by Gasteiger charge is -2.49. The number of carbonyl (C=O) groups is 2. The molecule has 2 amide bonds. The van der Waals surface area contributed by atoms with Crippen molar-refractivity contribution in [3.63, 3.8) is 0 Å². The summed E-state index contributed by atoms with van der Waals surface area (Å²) in [7, 11) is 0. The summed E-state index contributed by atoms with van der Waals surface area (Å²) in [6.45, 7) is 7.69. The number of benzene rings is 1. The number of aliphatic hydroxyl groups excluding tert-OH is 1. The highest BCUT2D eigenvalue weighted by Crippen LogP contribution is 2.29. The molecule has 1 aromatic carbocycles. The molecule has 0 aliphatic carbocycles. The molecule has 2 N–H and O–H groups in total. The molecule has 2 aliphatic rings. The Bertz CT molecular complexity index is 1420. The van der Waals surface area contributed by atoms with E-state index in [0.29, 0.717) is 45.1 Å². The van der Waals surface area contributed by atoms with Gasteiger partial charge in [-0.25, -0.2) is 23.7 Å². The number of hydrogen-bond acceptors (Lipinski definition) is 8. The van der Waals surface area contributed by atoms with E-state index in [1.165, 1.54) is 12.4 Å². The van der Waals surface area contributed by atoms with E-state index in [0.717, 1.165) is 23.7 Å². The van der Waals surface area contributed by atoms with Crippen LogP contribution in [0, 0.1) is 17.6 Å². The summed E-state index contributed by atoms with van der Waals surface area (Å²) in [5, 5.41) is 12.3. The number of imidazole rings is 1. The van der Waals surface area contributed by atoms with Gasteiger partial charge in [0.05, 0.1) is 48.4 Å². The molecule has 218 valence electrons. The third kappa shape index (κ3) is 6.05. The summed E-state index contributed by atoms with van der Waals surface area (Å²) in [5.74, 6) is -1.12. The van der Waals surface area contributed by atoms with Crippen molar-refractivity contribution in [2.24, 2.45) is 5.92 Å². The van der Waals surface area contributed by atoms with Crippen molar-refractivity contribution in [2.45, 2.75) is 58.3 Å². The van der Waals surface area contributed by atoms with Gasteiger partial charge in [0.25, 0.3) is 0 Å². The van der Waals surface area contributed by atoms with E-state index in [1.807, 2.05) is 28.2 Å². The Hall–Kier alpha value is -3.97. The van der Waals surface area contributed by atoms with Crippen LogP contribution in [-0.4, -0.2) is 77.5 Å². The Labute approximate surface area is 236 Å². The fraction of sp³-hybridized carbons (Fsp3) is 0.464. The van der Waals surface area contributed by atoms with E-state index in [9.17, 15) is 23.5 Å². The number of piperazine rings is 1. The molecule has 2 aliphatic heterocycles. The van der Waals surface area contributed by atoms with E-state index in [2.05, 4.69) is 20.3 Å². The second kappa shape index (κ2) is 11.5. The summed E-state index contributed by atoms with van der Waals surface area (Å²) < 4.78 is 34.2. The number of carbonyl (C=O) groups excluding carboxylic acids is 2. The first-order valence-corrected chi connectivity index (χ1v) is 13.5. The van der Waals surface area contributed by atoms with Crippen LogP contribution < -0.4 is 10.1 Å². The number of ether oxygens (including phenoxy) is 1. The molecule has 0 bridgehead atoms. The van der Waals surface area contributed by atoms with Crippen LogP contribution in [0.2, 0.25) is 0 Å². The zero-order valence-electron chi connectivity index (χ0n) is 23.2. The van der Waals surface area contributed by atoms with Gasteiger partial charge in [0.15, 0.2) is 17.4 Å². The Morgan fingerprint density at radius 3 is 2.66 bits per heavy atom. The third-order valence-corrected chi connectivity index (χ3v) is 7.76. The van der Waals surface area contributed by atoms with Crippen molar-refractivity contribution in [1.82, 2.24) is 29.3 Å². The van der Waals surface area contributed by atoms with Crippen LogP contribution in [-0.2, 0) is 29.2 Å². The second-order valence-corrected chi connectivity index (χ2v) is 11.0. The largest absolute Gasteiger partial charge is 0.434 e. The summed E-state index contributed by atoms with van der Waals surface area (Å²) in [4.78, 5) is 43.1. The number of fused-ring (bicyclic) bond motifs is 1. The topological polar surface area (TPSA) is 126 Å². The van der Waals surface area contributed by atoms with Gasteiger partial charge in [-0.05, 0) is 39.3 Å². The molecule has 13 heteroatoms. The van der Waals surface area contributed by atoms with E-state index in [4.69, 9.17) is 4.74 Å². The monoisotopic (exact) mass is 569 g/mol. The van der Waals surface area contributed by atoms with Crippen molar-refractivity contribution in [3.05, 3.63) is 59.9 Å². The van der Waals surface area contributed by atoms with Crippen LogP contribution in [0.1, 0.15) is 38.7 Å².